The molecule has 4 aliphatic heterocycles. The molecule has 0 saturated carbocycles. The first-order valence-corrected chi connectivity index (χ1v) is 14.8. The molecular formula is C32H39N5O3. The van der Waals surface area contributed by atoms with Gasteiger partial charge in [-0.1, -0.05) is 12.1 Å². The van der Waals surface area contributed by atoms with Crippen LogP contribution in [0.1, 0.15) is 42.5 Å². The lowest BCUT2D eigenvalue weighted by Crippen LogP contribution is -2.42. The molecule has 8 nitrogen and oxygen atoms in total. The minimum atomic E-state index is 0.140. The van der Waals surface area contributed by atoms with Gasteiger partial charge in [0.25, 0.3) is 5.91 Å². The largest absolute Gasteiger partial charge is 0.454 e. The van der Waals surface area contributed by atoms with Gasteiger partial charge < -0.3 is 29.1 Å². The van der Waals surface area contributed by atoms with Gasteiger partial charge in [-0.05, 0) is 101 Å². The minimum absolute atomic E-state index is 0.140. The summed E-state index contributed by atoms with van der Waals surface area (Å²) < 4.78 is 11.1. The summed E-state index contributed by atoms with van der Waals surface area (Å²) in [4.78, 5) is 28.8. The molecule has 0 N–H and O–H groups in total. The molecule has 3 saturated heterocycles. The summed E-state index contributed by atoms with van der Waals surface area (Å²) in [5, 5.41) is 0.916. The summed E-state index contributed by atoms with van der Waals surface area (Å²) in [6, 6.07) is 15.2. The Morgan fingerprint density at radius 2 is 1.73 bits per heavy atom. The van der Waals surface area contributed by atoms with Gasteiger partial charge in [-0.25, -0.2) is 4.98 Å². The Morgan fingerprint density at radius 1 is 0.925 bits per heavy atom. The van der Waals surface area contributed by atoms with Crippen molar-refractivity contribution in [2.24, 2.45) is 0 Å². The number of aromatic nitrogens is 1. The maximum Gasteiger partial charge on any atom is 0.254 e. The van der Waals surface area contributed by atoms with E-state index in [2.05, 4.69) is 64.0 Å². The van der Waals surface area contributed by atoms with Crippen molar-refractivity contribution >= 4 is 22.6 Å². The smallest absolute Gasteiger partial charge is 0.254 e. The van der Waals surface area contributed by atoms with Gasteiger partial charge in [-0.15, -0.1) is 0 Å². The number of carbonyl (C=O) groups is 1. The SMILES string of the molecule is CN(C)[C@@H]1CCN(c2cc(C(=O)N3CCC[C@H]3CN3CCCC3)c3cc(-c4ccc5c(c4)OCO5)ccc3n2)C1. The van der Waals surface area contributed by atoms with E-state index in [1.807, 2.05) is 12.1 Å². The first kappa shape index (κ1) is 25.6. The van der Waals surface area contributed by atoms with Gasteiger partial charge in [0.2, 0.25) is 6.79 Å². The van der Waals surface area contributed by atoms with Crippen LogP contribution in [-0.4, -0.2) is 97.8 Å². The zero-order valence-corrected chi connectivity index (χ0v) is 23.6. The van der Waals surface area contributed by atoms with Crippen LogP contribution < -0.4 is 14.4 Å². The molecule has 0 aliphatic carbocycles. The Labute approximate surface area is 236 Å². The molecule has 2 atom stereocenters. The van der Waals surface area contributed by atoms with Gasteiger partial charge in [-0.3, -0.25) is 4.79 Å². The topological polar surface area (TPSA) is 61.4 Å². The Bertz CT molecular complexity index is 1420. The molecule has 3 aromatic rings. The highest BCUT2D eigenvalue weighted by atomic mass is 16.7. The van der Waals surface area contributed by atoms with Gasteiger partial charge in [0.05, 0.1) is 11.1 Å². The number of nitrogens with zero attached hydrogens (tertiary/aromatic N) is 5. The van der Waals surface area contributed by atoms with Gasteiger partial charge in [0.15, 0.2) is 11.5 Å². The summed E-state index contributed by atoms with van der Waals surface area (Å²) in [5.74, 6) is 2.58. The van der Waals surface area contributed by atoms with Crippen molar-refractivity contribution in [1.82, 2.24) is 19.7 Å². The van der Waals surface area contributed by atoms with Crippen LogP contribution in [-0.2, 0) is 0 Å². The van der Waals surface area contributed by atoms with Crippen LogP contribution in [0.15, 0.2) is 42.5 Å². The number of rotatable bonds is 6. The number of pyridine rings is 1. The van der Waals surface area contributed by atoms with Crippen LogP contribution in [0.3, 0.4) is 0 Å². The molecule has 0 radical (unpaired) electrons. The highest BCUT2D eigenvalue weighted by Crippen LogP contribution is 2.38. The van der Waals surface area contributed by atoms with E-state index in [-0.39, 0.29) is 18.7 Å². The highest BCUT2D eigenvalue weighted by molar-refractivity contribution is 6.08. The van der Waals surface area contributed by atoms with Gasteiger partial charge in [0.1, 0.15) is 5.82 Å². The average molecular weight is 542 g/mol. The average Bonchev–Trinajstić information content (AvgIpc) is 3.79. The zero-order chi connectivity index (χ0) is 27.2. The van der Waals surface area contributed by atoms with Gasteiger partial charge in [-0.2, -0.15) is 0 Å². The predicted molar refractivity (Wildman–Crippen MR) is 157 cm³/mol. The maximum absolute atomic E-state index is 14.4. The summed E-state index contributed by atoms with van der Waals surface area (Å²) >= 11 is 0. The minimum Gasteiger partial charge on any atom is -0.454 e. The number of ether oxygens (including phenoxy) is 2. The Hall–Kier alpha value is -3.36. The second-order valence-electron chi connectivity index (χ2n) is 12.0. The number of carbonyl (C=O) groups excluding carboxylic acids is 1. The van der Waals surface area contributed by atoms with Crippen LogP contribution in [0.25, 0.3) is 22.0 Å². The standard InChI is InChI=1S/C32H39N5O3/c1-34(2)24-11-15-36(20-24)31-18-27(32(38)37-14-5-6-25(37)19-35-12-3-4-13-35)26-16-22(7-9-28(26)33-31)23-8-10-29-30(17-23)40-21-39-29/h7-10,16-18,24-25H,3-6,11-15,19-21H2,1-2H3/t24-,25+/m1/s1. The van der Waals surface area contributed by atoms with Crippen molar-refractivity contribution in [2.45, 2.75) is 44.2 Å². The number of likely N-dealkylation sites (tertiary alicyclic amines) is 2. The summed E-state index contributed by atoms with van der Waals surface area (Å²) in [5.41, 5.74) is 3.71. The van der Waals surface area contributed by atoms with Gasteiger partial charge >= 0.3 is 0 Å². The van der Waals surface area contributed by atoms with Crippen LogP contribution in [0.5, 0.6) is 11.5 Å². The molecule has 1 aromatic heterocycles. The van der Waals surface area contributed by atoms with Crippen molar-refractivity contribution in [2.75, 3.05) is 65.1 Å². The van der Waals surface area contributed by atoms with Crippen molar-refractivity contribution in [3.05, 3.63) is 48.0 Å². The van der Waals surface area contributed by atoms with E-state index in [9.17, 15) is 4.79 Å². The predicted octanol–water partition coefficient (Wildman–Crippen LogP) is 4.47. The molecule has 40 heavy (non-hydrogen) atoms. The third kappa shape index (κ3) is 4.77. The summed E-state index contributed by atoms with van der Waals surface area (Å²) in [6.45, 7) is 6.25. The summed E-state index contributed by atoms with van der Waals surface area (Å²) in [7, 11) is 4.28. The molecule has 0 spiro atoms. The first-order valence-electron chi connectivity index (χ1n) is 14.8. The lowest BCUT2D eigenvalue weighted by molar-refractivity contribution is 0.0710. The van der Waals surface area contributed by atoms with Crippen molar-refractivity contribution < 1.29 is 14.3 Å². The van der Waals surface area contributed by atoms with E-state index in [4.69, 9.17) is 14.5 Å². The van der Waals surface area contributed by atoms with E-state index in [0.717, 1.165) is 103 Å². The Morgan fingerprint density at radius 3 is 2.55 bits per heavy atom. The molecule has 5 heterocycles. The fourth-order valence-electron chi connectivity index (χ4n) is 6.89. The van der Waals surface area contributed by atoms with E-state index in [1.54, 1.807) is 0 Å². The second kappa shape index (κ2) is 10.6. The summed E-state index contributed by atoms with van der Waals surface area (Å²) in [6.07, 6.45) is 5.79. The normalized spacial score (nSPS) is 22.8. The lowest BCUT2D eigenvalue weighted by Gasteiger charge is -2.29. The molecule has 210 valence electrons. The number of hydrogen-bond acceptors (Lipinski definition) is 7. The molecule has 0 bridgehead atoms. The fraction of sp³-hybridized carbons (Fsp3) is 0.500. The third-order valence-electron chi connectivity index (χ3n) is 9.25. The number of amides is 1. The maximum atomic E-state index is 14.4. The molecule has 8 heteroatoms. The fourth-order valence-corrected chi connectivity index (χ4v) is 6.89. The van der Waals surface area contributed by atoms with Crippen LogP contribution >= 0.6 is 0 Å². The number of hydrogen-bond donors (Lipinski definition) is 0. The van der Waals surface area contributed by atoms with Gasteiger partial charge in [0, 0.05) is 43.6 Å². The molecule has 7 rings (SSSR count). The number of fused-ring (bicyclic) bond motifs is 2. The van der Waals surface area contributed by atoms with E-state index < -0.39 is 0 Å². The third-order valence-corrected chi connectivity index (χ3v) is 9.25. The quantitative estimate of drug-likeness (QED) is 0.456. The van der Waals surface area contributed by atoms with E-state index in [0.29, 0.717) is 6.04 Å². The molecule has 0 unspecified atom stereocenters. The number of anilines is 1. The first-order chi connectivity index (χ1) is 19.5. The molecule has 3 fully saturated rings. The second-order valence-corrected chi connectivity index (χ2v) is 12.0. The highest BCUT2D eigenvalue weighted by Gasteiger charge is 2.33. The van der Waals surface area contributed by atoms with Crippen molar-refractivity contribution in [1.29, 1.82) is 0 Å². The molecule has 4 aliphatic rings. The van der Waals surface area contributed by atoms with Crippen LogP contribution in [0.4, 0.5) is 5.82 Å². The van der Waals surface area contributed by atoms with Crippen LogP contribution in [0, 0.1) is 0 Å². The van der Waals surface area contributed by atoms with Crippen molar-refractivity contribution in [3.63, 3.8) is 0 Å². The lowest BCUT2D eigenvalue weighted by atomic mass is 9.99. The van der Waals surface area contributed by atoms with Crippen molar-refractivity contribution in [3.8, 4) is 22.6 Å². The molecule has 2 aromatic carbocycles. The van der Waals surface area contributed by atoms with Crippen LogP contribution in [0.2, 0.25) is 0 Å². The van der Waals surface area contributed by atoms with E-state index >= 15 is 0 Å². The number of benzene rings is 2. The monoisotopic (exact) mass is 541 g/mol. The Kier molecular flexibility index (Phi) is 6.76. The van der Waals surface area contributed by atoms with E-state index in [1.165, 1.54) is 12.8 Å². The Balaban J connectivity index is 1.27. The molecule has 1 amide bonds. The zero-order valence-electron chi connectivity index (χ0n) is 23.6. The number of likely N-dealkylation sites (N-methyl/N-ethyl adjacent to an activating group) is 1. The molecular weight excluding hydrogens is 502 g/mol.